The molecule has 0 aromatic heterocycles. The van der Waals surface area contributed by atoms with Gasteiger partial charge in [-0.15, -0.1) is 5.54 Å². The second-order valence-corrected chi connectivity index (χ2v) is 4.87. The van der Waals surface area contributed by atoms with Crippen LogP contribution in [0.5, 0.6) is 0 Å². The third-order valence-corrected chi connectivity index (χ3v) is 1.86. The zero-order valence-corrected chi connectivity index (χ0v) is 7.89. The van der Waals surface area contributed by atoms with Gasteiger partial charge in [0.25, 0.3) is 0 Å². The fourth-order valence-electron chi connectivity index (χ4n) is 0.719. The Labute approximate surface area is 71.1 Å². The third kappa shape index (κ3) is 3.06. The van der Waals surface area contributed by atoms with Crippen LogP contribution >= 0.6 is 0 Å². The van der Waals surface area contributed by atoms with Crippen molar-refractivity contribution in [2.45, 2.75) is 13.1 Å². The monoisotopic (exact) mass is 161 g/mol. The molecule has 11 heavy (non-hydrogen) atoms. The highest BCUT2D eigenvalue weighted by Gasteiger charge is 1.85. The van der Waals surface area contributed by atoms with Gasteiger partial charge in [0.1, 0.15) is 8.73 Å². The predicted molar refractivity (Wildman–Crippen MR) is 52.2 cm³/mol. The molecule has 1 aromatic carbocycles. The zero-order valence-electron chi connectivity index (χ0n) is 7.89. The standard InChI is InChI=1S/C10H12Si/c1-11(2)9-8-10-6-4-3-5-7-10/h3-7,11H,1-2H3/i11D. The van der Waals surface area contributed by atoms with Crippen LogP contribution in [0, 0.1) is 11.5 Å². The van der Waals surface area contributed by atoms with Crippen molar-refractivity contribution in [1.29, 1.82) is 1.23 Å². The topological polar surface area (TPSA) is 0 Å². The van der Waals surface area contributed by atoms with Gasteiger partial charge in [-0.25, -0.2) is 0 Å². The van der Waals surface area contributed by atoms with E-state index in [1.165, 1.54) is 0 Å². The van der Waals surface area contributed by atoms with Crippen molar-refractivity contribution >= 4 is 8.73 Å². The molecule has 0 amide bonds. The summed E-state index contributed by atoms with van der Waals surface area (Å²) in [6.07, 6.45) is 0. The smallest absolute Gasteiger partial charge is 0.117 e. The zero-order chi connectivity index (χ0) is 9.03. The minimum absolute atomic E-state index is 1.00. The van der Waals surface area contributed by atoms with Gasteiger partial charge in [0.15, 0.2) is 0 Å². The Bertz CT molecular complexity index is 300. The highest BCUT2D eigenvalue weighted by Crippen LogP contribution is 1.94. The van der Waals surface area contributed by atoms with Crippen LogP contribution in [0.15, 0.2) is 30.3 Å². The molecule has 0 nitrogen and oxygen atoms in total. The Kier molecular flexibility index (Phi) is 2.43. The summed E-state index contributed by atoms with van der Waals surface area (Å²) in [6, 6.07) is 9.82. The second kappa shape index (κ2) is 4.00. The summed E-state index contributed by atoms with van der Waals surface area (Å²) in [7, 11) is -1.95. The van der Waals surface area contributed by atoms with Crippen LogP contribution in [0.2, 0.25) is 13.1 Å². The van der Waals surface area contributed by atoms with E-state index >= 15 is 0 Å². The van der Waals surface area contributed by atoms with Gasteiger partial charge >= 0.3 is 0 Å². The highest BCUT2D eigenvalue weighted by molar-refractivity contribution is 6.64. The average molecular weight is 161 g/mol. The van der Waals surface area contributed by atoms with E-state index in [2.05, 4.69) is 11.5 Å². The molecule has 0 saturated heterocycles. The van der Waals surface area contributed by atoms with Gasteiger partial charge in [-0.2, -0.15) is 0 Å². The quantitative estimate of drug-likeness (QED) is 0.403. The summed E-state index contributed by atoms with van der Waals surface area (Å²) in [5, 5.41) is 0. The number of hydrogen-bond acceptors (Lipinski definition) is 0. The first-order valence-electron chi connectivity index (χ1n) is 4.16. The minimum Gasteiger partial charge on any atom is -0.131 e. The number of benzene rings is 1. The lowest BCUT2D eigenvalue weighted by Crippen LogP contribution is -1.93. The number of rotatable bonds is 0. The summed E-state index contributed by atoms with van der Waals surface area (Å²) >= 11 is 0. The second-order valence-electron chi connectivity index (χ2n) is 2.62. The van der Waals surface area contributed by atoms with Gasteiger partial charge < -0.3 is 0 Å². The first-order valence-corrected chi connectivity index (χ1v) is 6.16. The van der Waals surface area contributed by atoms with E-state index in [-0.39, 0.29) is 0 Å². The fraction of sp³-hybridized carbons (Fsp3) is 0.200. The van der Waals surface area contributed by atoms with Crippen LogP contribution in [0.4, 0.5) is 0 Å². The molecule has 1 aromatic rings. The lowest BCUT2D eigenvalue weighted by atomic mass is 10.2. The Morgan fingerprint density at radius 3 is 2.45 bits per heavy atom. The van der Waals surface area contributed by atoms with Crippen LogP contribution in [-0.2, 0) is 0 Å². The maximum absolute atomic E-state index is 7.65. The molecule has 0 heterocycles. The minimum atomic E-state index is -1.95. The summed E-state index contributed by atoms with van der Waals surface area (Å²) in [5.74, 6) is 3.01. The molecule has 0 unspecified atom stereocenters. The molecule has 0 bridgehead atoms. The number of hydrogen-bond donors (Lipinski definition) is 0. The van der Waals surface area contributed by atoms with Crippen molar-refractivity contribution in [3.63, 3.8) is 0 Å². The van der Waals surface area contributed by atoms with Crippen molar-refractivity contribution in [3.8, 4) is 11.5 Å². The van der Waals surface area contributed by atoms with Crippen molar-refractivity contribution in [2.75, 3.05) is 0 Å². The lowest BCUT2D eigenvalue weighted by Gasteiger charge is -1.87. The molecule has 0 N–H and O–H groups in total. The van der Waals surface area contributed by atoms with Gasteiger partial charge in [0.2, 0.25) is 0 Å². The van der Waals surface area contributed by atoms with Crippen molar-refractivity contribution in [1.82, 2.24) is 0 Å². The highest BCUT2D eigenvalue weighted by atomic mass is 28.3. The Morgan fingerprint density at radius 2 is 1.91 bits per heavy atom. The van der Waals surface area contributed by atoms with Crippen molar-refractivity contribution < 1.29 is 0 Å². The normalized spacial score (nSPS) is 11.3. The van der Waals surface area contributed by atoms with Gasteiger partial charge in [0, 0.05) is 6.80 Å². The molecule has 0 atom stereocenters. The molecule has 0 aliphatic rings. The Hall–Kier alpha value is -1.00. The van der Waals surface area contributed by atoms with E-state index in [1.807, 2.05) is 43.4 Å². The first-order chi connectivity index (χ1) is 5.58. The molecule has 0 saturated carbocycles. The summed E-state index contributed by atoms with van der Waals surface area (Å²) in [6.45, 7) is 3.84. The van der Waals surface area contributed by atoms with E-state index < -0.39 is 8.73 Å². The van der Waals surface area contributed by atoms with E-state index in [0.717, 1.165) is 5.56 Å². The Balaban J connectivity index is 2.81. The van der Waals surface area contributed by atoms with Gasteiger partial charge in [-0.3, -0.25) is 0 Å². The van der Waals surface area contributed by atoms with E-state index in [0.29, 0.717) is 0 Å². The molecule has 0 radical (unpaired) electrons. The fourth-order valence-corrected chi connectivity index (χ4v) is 1.11. The van der Waals surface area contributed by atoms with Crippen LogP contribution in [0.1, 0.15) is 5.56 Å². The molecule has 1 rings (SSSR count). The average Bonchev–Trinajstić information content (AvgIpc) is 2.02. The molecule has 1 heteroatoms. The van der Waals surface area contributed by atoms with Crippen molar-refractivity contribution in [3.05, 3.63) is 35.9 Å². The molecular weight excluding hydrogens is 148 g/mol. The van der Waals surface area contributed by atoms with Gasteiger partial charge in [-0.1, -0.05) is 37.2 Å². The molecule has 0 aliphatic carbocycles. The van der Waals surface area contributed by atoms with Crippen LogP contribution < -0.4 is 0 Å². The molecule has 0 fully saturated rings. The van der Waals surface area contributed by atoms with Crippen LogP contribution in [0.25, 0.3) is 0 Å². The molecule has 56 valence electrons. The molecule has 0 spiro atoms. The first kappa shape index (κ1) is 6.69. The Morgan fingerprint density at radius 1 is 1.27 bits per heavy atom. The maximum Gasteiger partial charge on any atom is 0.117 e. The molecular formula is C10H12Si. The SMILES string of the molecule is [2H][Si](C)(C)C#Cc1ccccc1. The van der Waals surface area contributed by atoms with Crippen LogP contribution in [0.3, 0.4) is 0 Å². The summed E-state index contributed by atoms with van der Waals surface area (Å²) < 4.78 is 7.65. The maximum atomic E-state index is 7.65. The van der Waals surface area contributed by atoms with E-state index in [9.17, 15) is 0 Å². The van der Waals surface area contributed by atoms with Gasteiger partial charge in [0.05, 0.1) is 0 Å². The van der Waals surface area contributed by atoms with Crippen LogP contribution in [-0.4, -0.2) is 9.96 Å². The molecule has 0 aliphatic heterocycles. The largest absolute Gasteiger partial charge is 0.131 e. The lowest BCUT2D eigenvalue weighted by molar-refractivity contribution is 1.65. The third-order valence-electron chi connectivity index (χ3n) is 1.23. The predicted octanol–water partition coefficient (Wildman–Crippen LogP) is 2.06. The van der Waals surface area contributed by atoms with E-state index in [4.69, 9.17) is 1.23 Å². The summed E-state index contributed by atoms with van der Waals surface area (Å²) in [4.78, 5) is 0. The van der Waals surface area contributed by atoms with Crippen molar-refractivity contribution in [2.24, 2.45) is 0 Å². The van der Waals surface area contributed by atoms with Gasteiger partial charge in [-0.05, 0) is 12.1 Å². The summed E-state index contributed by atoms with van der Waals surface area (Å²) in [5.41, 5.74) is 4.00. The van der Waals surface area contributed by atoms with E-state index in [1.54, 1.807) is 0 Å².